The Bertz CT molecular complexity index is 1680. The van der Waals surface area contributed by atoms with Gasteiger partial charge in [0.05, 0.1) is 17.6 Å². The number of fused-ring (bicyclic) bond motifs is 1. The number of anilines is 3. The molecule has 0 aliphatic carbocycles. The van der Waals surface area contributed by atoms with Crippen LogP contribution in [0.15, 0.2) is 43.1 Å². The molecule has 3 aromatic heterocycles. The van der Waals surface area contributed by atoms with Gasteiger partial charge in [0.1, 0.15) is 29.2 Å². The monoisotopic (exact) mass is 635 g/mol. The smallest absolute Gasteiger partial charge is 0.407 e. The van der Waals surface area contributed by atoms with Gasteiger partial charge in [0.2, 0.25) is 5.95 Å². The normalized spacial score (nSPS) is 14.0. The van der Waals surface area contributed by atoms with Crippen LogP contribution >= 0.6 is 0 Å². The molecule has 12 nitrogen and oxygen atoms in total. The average molecular weight is 636 g/mol. The summed E-state index contributed by atoms with van der Waals surface area (Å²) in [6.07, 6.45) is 8.25. The molecule has 3 N–H and O–H groups in total. The minimum absolute atomic E-state index is 0.00430. The Hall–Kier alpha value is -4.72. The van der Waals surface area contributed by atoms with Gasteiger partial charge in [-0.3, -0.25) is 4.79 Å². The van der Waals surface area contributed by atoms with Gasteiger partial charge in [0.15, 0.2) is 11.6 Å². The van der Waals surface area contributed by atoms with Crippen LogP contribution in [-0.2, 0) is 11.2 Å². The van der Waals surface area contributed by atoms with Gasteiger partial charge in [0, 0.05) is 56.4 Å². The number of piperidine rings is 1. The number of aryl methyl sites for hydroxylation is 1. The van der Waals surface area contributed by atoms with Crippen molar-refractivity contribution in [2.24, 2.45) is 0 Å². The predicted octanol–water partition coefficient (Wildman–Crippen LogP) is 4.94. The topological polar surface area (TPSA) is 139 Å². The highest BCUT2D eigenvalue weighted by atomic mass is 19.1. The third kappa shape index (κ3) is 7.91. The van der Waals surface area contributed by atoms with Crippen LogP contribution in [0.25, 0.3) is 11.0 Å². The molecule has 4 aromatic rings. The second-order valence-corrected chi connectivity index (χ2v) is 12.1. The lowest BCUT2D eigenvalue weighted by Gasteiger charge is -2.32. The van der Waals surface area contributed by atoms with E-state index in [1.165, 1.54) is 24.7 Å². The summed E-state index contributed by atoms with van der Waals surface area (Å²) in [4.78, 5) is 43.9. The molecule has 0 atom stereocenters. The Balaban J connectivity index is 1.19. The molecule has 0 bridgehead atoms. The van der Waals surface area contributed by atoms with Crippen molar-refractivity contribution in [1.82, 2.24) is 35.1 Å². The lowest BCUT2D eigenvalue weighted by molar-refractivity contribution is 0.0528. The van der Waals surface area contributed by atoms with Crippen LogP contribution in [0, 0.1) is 11.6 Å². The average Bonchev–Trinajstić information content (AvgIpc) is 3.38. The standard InChI is InChI=1S/C32H39F2N9O3/c1-5-20-15-37-30(38-16-20)42-12-8-22(9-13-42)43-18-24(34)27-28(39-19-40-29(27)43)41-25-7-6-21(14-23(25)33)26(44)17-35-10-11-36-31(45)46-32(2,3)4/h6-7,14-16,18-19,22,35H,5,8-13,17H2,1-4H3,(H,36,45)(H,39,40,41). The number of carbonyl (C=O) groups excluding carboxylic acids is 2. The minimum Gasteiger partial charge on any atom is -0.444 e. The van der Waals surface area contributed by atoms with Crippen molar-refractivity contribution in [1.29, 1.82) is 0 Å². The molecule has 4 heterocycles. The van der Waals surface area contributed by atoms with E-state index in [0.717, 1.165) is 30.9 Å². The maximum atomic E-state index is 15.4. The quantitative estimate of drug-likeness (QED) is 0.153. The van der Waals surface area contributed by atoms with Crippen molar-refractivity contribution in [3.05, 3.63) is 65.9 Å². The summed E-state index contributed by atoms with van der Waals surface area (Å²) in [6, 6.07) is 4.03. The van der Waals surface area contributed by atoms with E-state index >= 15 is 8.78 Å². The van der Waals surface area contributed by atoms with Crippen molar-refractivity contribution in [2.75, 3.05) is 42.9 Å². The highest BCUT2D eigenvalue weighted by Crippen LogP contribution is 2.33. The van der Waals surface area contributed by atoms with Gasteiger partial charge < -0.3 is 30.2 Å². The zero-order valence-electron chi connectivity index (χ0n) is 26.4. The molecule has 0 unspecified atom stereocenters. The van der Waals surface area contributed by atoms with Gasteiger partial charge in [0.25, 0.3) is 0 Å². The van der Waals surface area contributed by atoms with Gasteiger partial charge in [-0.2, -0.15) is 0 Å². The summed E-state index contributed by atoms with van der Waals surface area (Å²) >= 11 is 0. The van der Waals surface area contributed by atoms with E-state index in [1.807, 2.05) is 17.0 Å². The summed E-state index contributed by atoms with van der Waals surface area (Å²) in [7, 11) is 0. The number of hydrogen-bond donors (Lipinski definition) is 3. The lowest BCUT2D eigenvalue weighted by atomic mass is 10.1. The van der Waals surface area contributed by atoms with E-state index in [0.29, 0.717) is 31.2 Å². The molecule has 0 spiro atoms. The van der Waals surface area contributed by atoms with Crippen LogP contribution in [0.4, 0.5) is 31.0 Å². The Morgan fingerprint density at radius 2 is 1.76 bits per heavy atom. The van der Waals surface area contributed by atoms with Gasteiger partial charge in [-0.1, -0.05) is 6.92 Å². The Labute approximate surface area is 266 Å². The molecule has 1 aromatic carbocycles. The fraction of sp³-hybridized carbons (Fsp3) is 0.438. The third-order valence-electron chi connectivity index (χ3n) is 7.60. The predicted molar refractivity (Wildman–Crippen MR) is 170 cm³/mol. The van der Waals surface area contributed by atoms with Crippen molar-refractivity contribution in [3.8, 4) is 0 Å². The van der Waals surface area contributed by atoms with E-state index < -0.39 is 23.3 Å². The van der Waals surface area contributed by atoms with Gasteiger partial charge in [-0.25, -0.2) is 33.5 Å². The number of ketones is 1. The number of nitrogens with one attached hydrogen (secondary N) is 3. The number of hydrogen-bond acceptors (Lipinski definition) is 10. The van der Waals surface area contributed by atoms with Crippen LogP contribution < -0.4 is 20.9 Å². The maximum absolute atomic E-state index is 15.4. The number of rotatable bonds is 11. The Morgan fingerprint density at radius 3 is 2.43 bits per heavy atom. The Morgan fingerprint density at radius 1 is 1.02 bits per heavy atom. The first-order valence-electron chi connectivity index (χ1n) is 15.4. The fourth-order valence-electron chi connectivity index (χ4n) is 5.24. The largest absolute Gasteiger partial charge is 0.444 e. The number of benzene rings is 1. The molecular formula is C32H39F2N9O3. The first-order chi connectivity index (χ1) is 22.0. The van der Waals surface area contributed by atoms with Crippen LogP contribution in [-0.4, -0.2) is 74.7 Å². The minimum atomic E-state index is -0.689. The molecule has 1 fully saturated rings. The van der Waals surface area contributed by atoms with Gasteiger partial charge in [-0.15, -0.1) is 0 Å². The third-order valence-corrected chi connectivity index (χ3v) is 7.60. The van der Waals surface area contributed by atoms with Crippen LogP contribution in [0.5, 0.6) is 0 Å². The highest BCUT2D eigenvalue weighted by molar-refractivity contribution is 5.98. The molecule has 46 heavy (non-hydrogen) atoms. The fourth-order valence-corrected chi connectivity index (χ4v) is 5.24. The van der Waals surface area contributed by atoms with Crippen LogP contribution in [0.1, 0.15) is 62.5 Å². The lowest BCUT2D eigenvalue weighted by Crippen LogP contribution is -2.37. The molecule has 1 saturated heterocycles. The molecule has 0 radical (unpaired) electrons. The van der Waals surface area contributed by atoms with Gasteiger partial charge in [-0.05, 0) is 63.8 Å². The zero-order chi connectivity index (χ0) is 32.8. The van der Waals surface area contributed by atoms with E-state index in [4.69, 9.17) is 4.74 Å². The number of amides is 1. The molecule has 5 rings (SSSR count). The number of aromatic nitrogens is 5. The number of Topliss-reactive ketones (excluding diaryl/α,β-unsaturated/α-hetero) is 1. The van der Waals surface area contributed by atoms with Crippen LogP contribution in [0.3, 0.4) is 0 Å². The molecule has 1 amide bonds. The molecule has 244 valence electrons. The maximum Gasteiger partial charge on any atom is 0.407 e. The van der Waals surface area contributed by atoms with Crippen molar-refractivity contribution in [3.63, 3.8) is 0 Å². The van der Waals surface area contributed by atoms with Crippen molar-refractivity contribution >= 4 is 40.4 Å². The van der Waals surface area contributed by atoms with E-state index in [2.05, 4.69) is 47.7 Å². The molecule has 0 saturated carbocycles. The summed E-state index contributed by atoms with van der Waals surface area (Å²) in [5, 5.41) is 8.55. The first kappa shape index (κ1) is 32.7. The molecular weight excluding hydrogens is 596 g/mol. The first-order valence-corrected chi connectivity index (χ1v) is 15.4. The SMILES string of the molecule is CCc1cnc(N2CCC(n3cc(F)c4c(Nc5ccc(C(=O)CNCCNC(=O)OC(C)(C)C)cc5F)ncnc43)CC2)nc1. The Kier molecular flexibility index (Phi) is 10.0. The number of halogens is 2. The summed E-state index contributed by atoms with van der Waals surface area (Å²) in [6.45, 7) is 9.31. The van der Waals surface area contributed by atoms with E-state index in [-0.39, 0.29) is 47.4 Å². The highest BCUT2D eigenvalue weighted by Gasteiger charge is 2.26. The molecule has 1 aliphatic heterocycles. The molecule has 14 heteroatoms. The van der Waals surface area contributed by atoms with Gasteiger partial charge >= 0.3 is 6.09 Å². The number of nitrogens with zero attached hydrogens (tertiary/aromatic N) is 6. The second kappa shape index (κ2) is 14.1. The summed E-state index contributed by atoms with van der Waals surface area (Å²) in [5.41, 5.74) is 1.10. The number of carbonyl (C=O) groups is 2. The van der Waals surface area contributed by atoms with E-state index in [9.17, 15) is 9.59 Å². The zero-order valence-corrected chi connectivity index (χ0v) is 26.4. The van der Waals surface area contributed by atoms with Crippen LogP contribution in [0.2, 0.25) is 0 Å². The summed E-state index contributed by atoms with van der Waals surface area (Å²) in [5.74, 6) is -0.721. The van der Waals surface area contributed by atoms with Crippen molar-refractivity contribution in [2.45, 2.75) is 58.6 Å². The van der Waals surface area contributed by atoms with E-state index in [1.54, 1.807) is 20.8 Å². The number of ether oxygens (including phenoxy) is 1. The number of alkyl carbamates (subject to hydrolysis) is 1. The van der Waals surface area contributed by atoms with Crippen molar-refractivity contribution < 1.29 is 23.1 Å². The second-order valence-electron chi connectivity index (χ2n) is 12.1. The molecule has 1 aliphatic rings. The summed E-state index contributed by atoms with van der Waals surface area (Å²) < 4.78 is 37.5.